The van der Waals surface area contributed by atoms with Gasteiger partial charge in [0.25, 0.3) is 0 Å². The van der Waals surface area contributed by atoms with Gasteiger partial charge in [-0.05, 0) is 42.8 Å². The number of carbonyl (C=O) groups is 2. The molecular formula is C24H20N2O3. The number of hydrogen-bond donors (Lipinski definition) is 1. The molecule has 0 saturated carbocycles. The Hall–Kier alpha value is -3.60. The van der Waals surface area contributed by atoms with E-state index in [1.807, 2.05) is 73.7 Å². The summed E-state index contributed by atoms with van der Waals surface area (Å²) in [4.78, 5) is 26.9. The van der Waals surface area contributed by atoms with Crippen molar-refractivity contribution in [3.8, 4) is 0 Å². The SMILES string of the molecule is Cc1cccc(N2C[C@H](C(=O)Nc3ccc4c(c3)oc3ccccc34)CC2=O)c1. The van der Waals surface area contributed by atoms with Crippen LogP contribution in [0.15, 0.2) is 71.1 Å². The van der Waals surface area contributed by atoms with Gasteiger partial charge >= 0.3 is 0 Å². The lowest BCUT2D eigenvalue weighted by Crippen LogP contribution is -2.28. The summed E-state index contributed by atoms with van der Waals surface area (Å²) in [7, 11) is 0. The molecule has 5 nitrogen and oxygen atoms in total. The molecule has 0 bridgehead atoms. The van der Waals surface area contributed by atoms with E-state index in [1.54, 1.807) is 4.90 Å². The van der Waals surface area contributed by atoms with Gasteiger partial charge < -0.3 is 14.6 Å². The third-order valence-electron chi connectivity index (χ3n) is 5.46. The second kappa shape index (κ2) is 6.78. The minimum absolute atomic E-state index is 0.0245. The van der Waals surface area contributed by atoms with Crippen LogP contribution in [0.5, 0.6) is 0 Å². The summed E-state index contributed by atoms with van der Waals surface area (Å²) in [6.07, 6.45) is 0.215. The van der Waals surface area contributed by atoms with E-state index in [2.05, 4.69) is 5.32 Å². The second-order valence-electron chi connectivity index (χ2n) is 7.54. The molecular weight excluding hydrogens is 364 g/mol. The predicted octanol–water partition coefficient (Wildman–Crippen LogP) is 4.89. The van der Waals surface area contributed by atoms with E-state index < -0.39 is 0 Å². The quantitative estimate of drug-likeness (QED) is 0.547. The Labute approximate surface area is 167 Å². The molecule has 1 atom stereocenters. The van der Waals surface area contributed by atoms with Crippen LogP contribution in [-0.2, 0) is 9.59 Å². The number of aryl methyl sites for hydroxylation is 1. The Balaban J connectivity index is 1.35. The number of nitrogens with one attached hydrogen (secondary N) is 1. The molecule has 29 heavy (non-hydrogen) atoms. The van der Waals surface area contributed by atoms with Crippen LogP contribution in [0.1, 0.15) is 12.0 Å². The summed E-state index contributed by atoms with van der Waals surface area (Å²) in [5.74, 6) is -0.554. The number of rotatable bonds is 3. The number of furan rings is 1. The lowest BCUT2D eigenvalue weighted by Gasteiger charge is -2.17. The van der Waals surface area contributed by atoms with Crippen molar-refractivity contribution < 1.29 is 14.0 Å². The largest absolute Gasteiger partial charge is 0.456 e. The number of carbonyl (C=O) groups excluding carboxylic acids is 2. The first kappa shape index (κ1) is 17.5. The second-order valence-corrected chi connectivity index (χ2v) is 7.54. The number of hydrogen-bond acceptors (Lipinski definition) is 3. The van der Waals surface area contributed by atoms with Crippen LogP contribution in [0.4, 0.5) is 11.4 Å². The van der Waals surface area contributed by atoms with E-state index in [1.165, 1.54) is 0 Å². The molecule has 0 spiro atoms. The molecule has 1 aliphatic rings. The maximum atomic E-state index is 12.8. The van der Waals surface area contributed by atoms with Crippen LogP contribution >= 0.6 is 0 Å². The van der Waals surface area contributed by atoms with E-state index in [-0.39, 0.29) is 24.2 Å². The van der Waals surface area contributed by atoms with Gasteiger partial charge in [0.1, 0.15) is 11.2 Å². The summed E-state index contributed by atoms with van der Waals surface area (Å²) < 4.78 is 5.89. The standard InChI is InChI=1S/C24H20N2O3/c1-15-5-4-6-18(11-15)26-14-16(12-23(26)27)24(28)25-17-9-10-20-19-7-2-3-8-21(19)29-22(20)13-17/h2-11,13,16H,12,14H2,1H3,(H,25,28)/t16-/m1/s1. The zero-order valence-corrected chi connectivity index (χ0v) is 16.0. The molecule has 0 aliphatic carbocycles. The number of benzene rings is 3. The van der Waals surface area contributed by atoms with Crippen molar-refractivity contribution in [3.05, 3.63) is 72.3 Å². The molecule has 5 heteroatoms. The van der Waals surface area contributed by atoms with Crippen molar-refractivity contribution in [1.29, 1.82) is 0 Å². The van der Waals surface area contributed by atoms with E-state index in [0.29, 0.717) is 12.2 Å². The molecule has 5 rings (SSSR count). The normalized spacial score (nSPS) is 16.7. The Bertz CT molecular complexity index is 1260. The minimum atomic E-state index is -0.380. The lowest BCUT2D eigenvalue weighted by atomic mass is 10.1. The average Bonchev–Trinajstić information content (AvgIpc) is 3.28. The topological polar surface area (TPSA) is 62.6 Å². The third-order valence-corrected chi connectivity index (χ3v) is 5.46. The first-order valence-corrected chi connectivity index (χ1v) is 9.68. The van der Waals surface area contributed by atoms with Gasteiger partial charge in [-0.1, -0.05) is 30.3 Å². The molecule has 3 aromatic carbocycles. The predicted molar refractivity (Wildman–Crippen MR) is 114 cm³/mol. The van der Waals surface area contributed by atoms with E-state index in [9.17, 15) is 9.59 Å². The molecule has 1 aliphatic heterocycles. The third kappa shape index (κ3) is 3.14. The van der Waals surface area contributed by atoms with Crippen LogP contribution in [0.3, 0.4) is 0 Å². The Morgan fingerprint density at radius 3 is 2.69 bits per heavy atom. The van der Waals surface area contributed by atoms with E-state index in [0.717, 1.165) is 33.2 Å². The summed E-state index contributed by atoms with van der Waals surface area (Å²) >= 11 is 0. The van der Waals surface area contributed by atoms with Gasteiger partial charge in [-0.2, -0.15) is 0 Å². The van der Waals surface area contributed by atoms with Crippen molar-refractivity contribution in [2.45, 2.75) is 13.3 Å². The van der Waals surface area contributed by atoms with Gasteiger partial charge in [0, 0.05) is 41.2 Å². The number of amides is 2. The minimum Gasteiger partial charge on any atom is -0.456 e. The highest BCUT2D eigenvalue weighted by Gasteiger charge is 2.35. The van der Waals surface area contributed by atoms with Crippen molar-refractivity contribution in [3.63, 3.8) is 0 Å². The summed E-state index contributed by atoms with van der Waals surface area (Å²) in [6.45, 7) is 2.38. The van der Waals surface area contributed by atoms with Crippen LogP contribution < -0.4 is 10.2 Å². The average molecular weight is 384 g/mol. The van der Waals surface area contributed by atoms with Crippen LogP contribution in [-0.4, -0.2) is 18.4 Å². The van der Waals surface area contributed by atoms with Gasteiger partial charge in [0.2, 0.25) is 11.8 Å². The maximum absolute atomic E-state index is 12.8. The lowest BCUT2D eigenvalue weighted by molar-refractivity contribution is -0.122. The van der Waals surface area contributed by atoms with Crippen LogP contribution in [0.2, 0.25) is 0 Å². The van der Waals surface area contributed by atoms with Crippen molar-refractivity contribution >= 4 is 45.1 Å². The molecule has 4 aromatic rings. The first-order valence-electron chi connectivity index (χ1n) is 9.68. The number of anilines is 2. The highest BCUT2D eigenvalue weighted by molar-refractivity contribution is 6.07. The fraction of sp³-hybridized carbons (Fsp3) is 0.167. The highest BCUT2D eigenvalue weighted by Crippen LogP contribution is 2.31. The summed E-state index contributed by atoms with van der Waals surface area (Å²) in [6, 6.07) is 21.3. The van der Waals surface area contributed by atoms with Crippen LogP contribution in [0.25, 0.3) is 21.9 Å². The van der Waals surface area contributed by atoms with E-state index in [4.69, 9.17) is 4.42 Å². The number of nitrogens with zero attached hydrogens (tertiary/aromatic N) is 1. The highest BCUT2D eigenvalue weighted by atomic mass is 16.3. The molecule has 1 N–H and O–H groups in total. The Morgan fingerprint density at radius 1 is 1.00 bits per heavy atom. The van der Waals surface area contributed by atoms with Crippen molar-refractivity contribution in [1.82, 2.24) is 0 Å². The first-order chi connectivity index (χ1) is 14.1. The molecule has 1 saturated heterocycles. The molecule has 1 fully saturated rings. The molecule has 0 unspecified atom stereocenters. The number of fused-ring (bicyclic) bond motifs is 3. The summed E-state index contributed by atoms with van der Waals surface area (Å²) in [5, 5.41) is 5.01. The van der Waals surface area contributed by atoms with Gasteiger partial charge in [-0.3, -0.25) is 9.59 Å². The molecule has 0 radical (unpaired) electrons. The smallest absolute Gasteiger partial charge is 0.229 e. The van der Waals surface area contributed by atoms with Gasteiger partial charge in [0.15, 0.2) is 0 Å². The maximum Gasteiger partial charge on any atom is 0.229 e. The zero-order valence-electron chi connectivity index (χ0n) is 16.0. The molecule has 144 valence electrons. The van der Waals surface area contributed by atoms with Crippen molar-refractivity contribution in [2.75, 3.05) is 16.8 Å². The number of para-hydroxylation sites is 1. The monoisotopic (exact) mass is 384 g/mol. The van der Waals surface area contributed by atoms with Gasteiger partial charge in [-0.25, -0.2) is 0 Å². The van der Waals surface area contributed by atoms with Gasteiger partial charge in [-0.15, -0.1) is 0 Å². The Kier molecular flexibility index (Phi) is 4.09. The fourth-order valence-corrected chi connectivity index (χ4v) is 3.98. The van der Waals surface area contributed by atoms with Crippen molar-refractivity contribution in [2.24, 2.45) is 5.92 Å². The van der Waals surface area contributed by atoms with Crippen LogP contribution in [0, 0.1) is 12.8 Å². The molecule has 2 heterocycles. The Morgan fingerprint density at radius 2 is 1.83 bits per heavy atom. The summed E-state index contributed by atoms with van der Waals surface area (Å²) in [5.41, 5.74) is 4.15. The molecule has 2 amide bonds. The zero-order chi connectivity index (χ0) is 20.0. The molecule has 1 aromatic heterocycles. The van der Waals surface area contributed by atoms with Gasteiger partial charge in [0.05, 0.1) is 5.92 Å². The van der Waals surface area contributed by atoms with E-state index >= 15 is 0 Å². The fourth-order valence-electron chi connectivity index (χ4n) is 3.98.